The number of hydrogen-bond donors (Lipinski definition) is 2. The summed E-state index contributed by atoms with van der Waals surface area (Å²) >= 11 is 0. The Morgan fingerprint density at radius 1 is 0.848 bits per heavy atom. The Labute approximate surface area is 190 Å². The van der Waals surface area contributed by atoms with E-state index in [4.69, 9.17) is 0 Å². The normalized spacial score (nSPS) is 12.3. The number of benzene rings is 3. The number of sulfone groups is 1. The Bertz CT molecular complexity index is 1740. The Balaban J connectivity index is 1.61. The van der Waals surface area contributed by atoms with Crippen LogP contribution < -0.4 is 4.72 Å². The molecule has 0 saturated heterocycles. The number of fused-ring (bicyclic) bond motifs is 2. The predicted molar refractivity (Wildman–Crippen MR) is 127 cm³/mol. The number of aromatic amines is 1. The highest BCUT2D eigenvalue weighted by molar-refractivity contribution is 7.95. The van der Waals surface area contributed by atoms with Gasteiger partial charge in [-0.15, -0.1) is 0 Å². The van der Waals surface area contributed by atoms with E-state index in [1.807, 2.05) is 30.3 Å². The van der Waals surface area contributed by atoms with Crippen molar-refractivity contribution in [2.75, 3.05) is 11.0 Å². The molecule has 0 aliphatic carbocycles. The quantitative estimate of drug-likeness (QED) is 0.394. The number of pyridine rings is 1. The molecule has 3 aromatic carbocycles. The van der Waals surface area contributed by atoms with Gasteiger partial charge in [-0.25, -0.2) is 16.8 Å². The zero-order valence-corrected chi connectivity index (χ0v) is 19.0. The fourth-order valence-electron chi connectivity index (χ4n) is 3.77. The summed E-state index contributed by atoms with van der Waals surface area (Å²) in [5.41, 5.74) is 3.22. The fourth-order valence-corrected chi connectivity index (χ4v) is 6.45. The van der Waals surface area contributed by atoms with Gasteiger partial charge in [0.1, 0.15) is 10.6 Å². The highest BCUT2D eigenvalue weighted by Crippen LogP contribution is 2.33. The highest BCUT2D eigenvalue weighted by atomic mass is 32.2. The van der Waals surface area contributed by atoms with Crippen molar-refractivity contribution in [3.8, 4) is 11.3 Å². The standard InChI is InChI=1S/C23H18N4O4S2/c1-32(28,29)20-9-2-3-10-21(20)33(30,31)27-16-11-12-19-18(14-16)23(26-25-19)17-8-4-6-15-7-5-13-24-22(15)17/h2-14,27H,1H3,(H,25,26). The van der Waals surface area contributed by atoms with Crippen molar-refractivity contribution in [2.45, 2.75) is 9.79 Å². The molecule has 8 nitrogen and oxygen atoms in total. The lowest BCUT2D eigenvalue weighted by atomic mass is 10.0. The molecule has 0 bridgehead atoms. The minimum Gasteiger partial charge on any atom is -0.280 e. The van der Waals surface area contributed by atoms with Crippen LogP contribution in [0.25, 0.3) is 33.1 Å². The number of nitrogens with zero attached hydrogens (tertiary/aromatic N) is 2. The second-order valence-corrected chi connectivity index (χ2v) is 11.2. The molecule has 0 saturated carbocycles. The molecule has 2 N–H and O–H groups in total. The average Bonchev–Trinajstić information content (AvgIpc) is 3.21. The number of sulfonamides is 1. The van der Waals surface area contributed by atoms with E-state index in [-0.39, 0.29) is 15.5 Å². The van der Waals surface area contributed by atoms with Crippen molar-refractivity contribution in [1.82, 2.24) is 15.2 Å². The van der Waals surface area contributed by atoms with Gasteiger partial charge >= 0.3 is 0 Å². The van der Waals surface area contributed by atoms with Crippen LogP contribution in [0, 0.1) is 0 Å². The fraction of sp³-hybridized carbons (Fsp3) is 0.0435. The minimum atomic E-state index is -4.16. The van der Waals surface area contributed by atoms with Gasteiger partial charge in [0.25, 0.3) is 10.0 Å². The van der Waals surface area contributed by atoms with Crippen molar-refractivity contribution >= 4 is 47.4 Å². The molecular formula is C23H18N4O4S2. The van der Waals surface area contributed by atoms with Crippen LogP contribution in [0.15, 0.2) is 88.8 Å². The van der Waals surface area contributed by atoms with Gasteiger partial charge in [-0.05, 0) is 36.4 Å². The lowest BCUT2D eigenvalue weighted by molar-refractivity contribution is 0.588. The number of anilines is 1. The smallest absolute Gasteiger partial charge is 0.263 e. The second-order valence-electron chi connectivity index (χ2n) is 7.54. The van der Waals surface area contributed by atoms with Gasteiger partial charge in [0, 0.05) is 34.5 Å². The predicted octanol–water partition coefficient (Wildman–Crippen LogP) is 3.98. The monoisotopic (exact) mass is 478 g/mol. The van der Waals surface area contributed by atoms with Crippen LogP contribution in [0.2, 0.25) is 0 Å². The molecule has 33 heavy (non-hydrogen) atoms. The van der Waals surface area contributed by atoms with E-state index < -0.39 is 19.9 Å². The Morgan fingerprint density at radius 2 is 1.61 bits per heavy atom. The van der Waals surface area contributed by atoms with E-state index >= 15 is 0 Å². The van der Waals surface area contributed by atoms with Crippen molar-refractivity contribution in [3.63, 3.8) is 0 Å². The molecule has 0 atom stereocenters. The van der Waals surface area contributed by atoms with Gasteiger partial charge in [-0.3, -0.25) is 14.8 Å². The molecule has 0 fully saturated rings. The number of rotatable bonds is 5. The van der Waals surface area contributed by atoms with Gasteiger partial charge in [0.15, 0.2) is 9.84 Å². The SMILES string of the molecule is CS(=O)(=O)c1ccccc1S(=O)(=O)Nc1ccc2[nH]nc(-c3cccc4cccnc34)c2c1. The first kappa shape index (κ1) is 21.1. The van der Waals surface area contributed by atoms with Crippen molar-refractivity contribution in [3.05, 3.63) is 79.0 Å². The maximum absolute atomic E-state index is 13.1. The van der Waals surface area contributed by atoms with Gasteiger partial charge < -0.3 is 0 Å². The number of para-hydroxylation sites is 1. The van der Waals surface area contributed by atoms with Gasteiger partial charge in [0.05, 0.1) is 15.9 Å². The van der Waals surface area contributed by atoms with Gasteiger partial charge in [0.2, 0.25) is 0 Å². The van der Waals surface area contributed by atoms with Crippen LogP contribution in [0.5, 0.6) is 0 Å². The largest absolute Gasteiger partial charge is 0.280 e. The number of hydrogen-bond acceptors (Lipinski definition) is 6. The number of nitrogens with one attached hydrogen (secondary N) is 2. The van der Waals surface area contributed by atoms with Crippen LogP contribution in [-0.2, 0) is 19.9 Å². The van der Waals surface area contributed by atoms with Crippen LogP contribution in [-0.4, -0.2) is 38.3 Å². The van der Waals surface area contributed by atoms with E-state index in [1.54, 1.807) is 24.4 Å². The molecule has 166 valence electrons. The Morgan fingerprint density at radius 3 is 2.39 bits per heavy atom. The lowest BCUT2D eigenvalue weighted by Gasteiger charge is -2.11. The topological polar surface area (TPSA) is 122 Å². The molecule has 0 aliphatic rings. The first-order valence-corrected chi connectivity index (χ1v) is 13.3. The number of H-pyrrole nitrogens is 1. The maximum Gasteiger partial charge on any atom is 0.263 e. The van der Waals surface area contributed by atoms with E-state index in [0.717, 1.165) is 28.2 Å². The van der Waals surface area contributed by atoms with Crippen LogP contribution in [0.3, 0.4) is 0 Å². The third-order valence-corrected chi connectivity index (χ3v) is 7.96. The van der Waals surface area contributed by atoms with Gasteiger partial charge in [-0.2, -0.15) is 5.10 Å². The molecule has 2 heterocycles. The van der Waals surface area contributed by atoms with Crippen molar-refractivity contribution in [1.29, 1.82) is 0 Å². The van der Waals surface area contributed by atoms with E-state index in [0.29, 0.717) is 11.1 Å². The van der Waals surface area contributed by atoms with Crippen molar-refractivity contribution in [2.24, 2.45) is 0 Å². The van der Waals surface area contributed by atoms with Crippen LogP contribution in [0.4, 0.5) is 5.69 Å². The zero-order valence-electron chi connectivity index (χ0n) is 17.3. The summed E-state index contributed by atoms with van der Waals surface area (Å²) in [7, 11) is -7.90. The molecule has 2 aromatic heterocycles. The first-order chi connectivity index (χ1) is 15.7. The minimum absolute atomic E-state index is 0.260. The molecule has 10 heteroatoms. The lowest BCUT2D eigenvalue weighted by Crippen LogP contribution is -2.16. The summed E-state index contributed by atoms with van der Waals surface area (Å²) in [5, 5.41) is 9.06. The molecule has 0 amide bonds. The van der Waals surface area contributed by atoms with Crippen molar-refractivity contribution < 1.29 is 16.8 Å². The zero-order chi connectivity index (χ0) is 23.2. The first-order valence-electron chi connectivity index (χ1n) is 9.88. The van der Waals surface area contributed by atoms with E-state index in [2.05, 4.69) is 19.9 Å². The third kappa shape index (κ3) is 3.83. The molecular weight excluding hydrogens is 460 g/mol. The summed E-state index contributed by atoms with van der Waals surface area (Å²) in [6.45, 7) is 0. The Kier molecular flexibility index (Phi) is 4.91. The van der Waals surface area contributed by atoms with Crippen LogP contribution >= 0.6 is 0 Å². The van der Waals surface area contributed by atoms with Crippen LogP contribution in [0.1, 0.15) is 0 Å². The number of aromatic nitrogens is 3. The molecule has 0 unspecified atom stereocenters. The average molecular weight is 479 g/mol. The molecule has 0 radical (unpaired) electrons. The molecule has 0 spiro atoms. The molecule has 5 aromatic rings. The highest BCUT2D eigenvalue weighted by Gasteiger charge is 2.24. The second kappa shape index (κ2) is 7.68. The molecule has 0 aliphatic heterocycles. The Hall–Kier alpha value is -3.76. The maximum atomic E-state index is 13.1. The van der Waals surface area contributed by atoms with E-state index in [1.165, 1.54) is 24.3 Å². The van der Waals surface area contributed by atoms with E-state index in [9.17, 15) is 16.8 Å². The summed E-state index contributed by atoms with van der Waals surface area (Å²) in [6.07, 6.45) is 2.68. The third-order valence-electron chi connectivity index (χ3n) is 5.24. The summed E-state index contributed by atoms with van der Waals surface area (Å²) in [5.74, 6) is 0. The molecule has 5 rings (SSSR count). The summed E-state index contributed by atoms with van der Waals surface area (Å²) < 4.78 is 52.8. The summed E-state index contributed by atoms with van der Waals surface area (Å²) in [6, 6.07) is 20.1. The van der Waals surface area contributed by atoms with Gasteiger partial charge in [-0.1, -0.05) is 36.4 Å². The summed E-state index contributed by atoms with van der Waals surface area (Å²) in [4.78, 5) is 3.91.